The number of esters is 1. The summed E-state index contributed by atoms with van der Waals surface area (Å²) in [5.74, 6) is -1.57. The average Bonchev–Trinajstić information content (AvgIpc) is 2.71. The quantitative estimate of drug-likeness (QED) is 0.717. The van der Waals surface area contributed by atoms with Crippen LogP contribution in [0.15, 0.2) is 54.6 Å². The molecule has 138 valence electrons. The van der Waals surface area contributed by atoms with E-state index in [0.717, 1.165) is 0 Å². The number of nitrogens with one attached hydrogen (secondary N) is 2. The van der Waals surface area contributed by atoms with Gasteiger partial charge in [-0.25, -0.2) is 4.79 Å². The average molecular weight is 365 g/mol. The van der Waals surface area contributed by atoms with Crippen molar-refractivity contribution in [3.63, 3.8) is 0 Å². The predicted octanol–water partition coefficient (Wildman–Crippen LogP) is 1.19. The smallest absolute Gasteiger partial charge is 0.328 e. The molecule has 7 nitrogen and oxygen atoms in total. The van der Waals surface area contributed by atoms with E-state index in [1.165, 1.54) is 7.11 Å². The lowest BCUT2D eigenvalue weighted by molar-refractivity contribution is -0.144. The first-order valence-electron chi connectivity index (χ1n) is 8.23. The minimum Gasteiger partial charge on any atom is -0.467 e. The second-order valence-corrected chi connectivity index (χ2v) is 5.67. The summed E-state index contributed by atoms with van der Waals surface area (Å²) < 4.78 is 4.73. The van der Waals surface area contributed by atoms with E-state index in [1.54, 1.807) is 54.6 Å². The molecule has 7 heteroatoms. The summed E-state index contributed by atoms with van der Waals surface area (Å²) in [5.41, 5.74) is 1.46. The van der Waals surface area contributed by atoms with E-state index < -0.39 is 23.8 Å². The van der Waals surface area contributed by atoms with Crippen LogP contribution in [0.4, 0.5) is 0 Å². The monoisotopic (exact) mass is 365 g/mol. The number of amides is 2. The fourth-order valence-electron chi connectivity index (χ4n) is 2.46. The van der Waals surface area contributed by atoms with E-state index in [4.69, 9.17) is 10.00 Å². The summed E-state index contributed by atoms with van der Waals surface area (Å²) in [4.78, 5) is 36.1. The maximum atomic E-state index is 12.2. The first-order chi connectivity index (χ1) is 13.0. The Morgan fingerprint density at radius 3 is 2.41 bits per heavy atom. The summed E-state index contributed by atoms with van der Waals surface area (Å²) in [6, 6.07) is 16.3. The molecule has 0 saturated carbocycles. The Labute approximate surface area is 156 Å². The molecule has 1 atom stereocenters. The van der Waals surface area contributed by atoms with Gasteiger partial charge in [-0.05, 0) is 23.8 Å². The van der Waals surface area contributed by atoms with Crippen LogP contribution in [0.2, 0.25) is 0 Å². The molecule has 0 aliphatic carbocycles. The highest BCUT2D eigenvalue weighted by molar-refractivity contribution is 5.96. The third-order valence-corrected chi connectivity index (χ3v) is 3.83. The molecule has 2 aromatic rings. The Morgan fingerprint density at radius 2 is 1.74 bits per heavy atom. The molecular weight excluding hydrogens is 346 g/mol. The van der Waals surface area contributed by atoms with Crippen LogP contribution >= 0.6 is 0 Å². The van der Waals surface area contributed by atoms with Gasteiger partial charge in [0.15, 0.2) is 0 Å². The number of rotatable bonds is 7. The molecule has 2 amide bonds. The Kier molecular flexibility index (Phi) is 7.08. The second-order valence-electron chi connectivity index (χ2n) is 5.67. The van der Waals surface area contributed by atoms with Gasteiger partial charge in [-0.3, -0.25) is 9.59 Å². The zero-order valence-electron chi connectivity index (χ0n) is 14.8. The van der Waals surface area contributed by atoms with E-state index in [2.05, 4.69) is 10.6 Å². The number of carbonyl (C=O) groups excluding carboxylic acids is 3. The van der Waals surface area contributed by atoms with E-state index >= 15 is 0 Å². The number of nitriles is 1. The van der Waals surface area contributed by atoms with Gasteiger partial charge < -0.3 is 15.4 Å². The maximum absolute atomic E-state index is 12.2. The number of methoxy groups -OCH3 is 1. The van der Waals surface area contributed by atoms with Crippen LogP contribution in [0.25, 0.3) is 0 Å². The molecule has 0 aromatic heterocycles. The van der Waals surface area contributed by atoms with Gasteiger partial charge >= 0.3 is 5.97 Å². The van der Waals surface area contributed by atoms with Crippen molar-refractivity contribution in [3.05, 3.63) is 71.3 Å². The maximum Gasteiger partial charge on any atom is 0.328 e. The van der Waals surface area contributed by atoms with Crippen molar-refractivity contribution in [1.29, 1.82) is 5.26 Å². The topological polar surface area (TPSA) is 108 Å². The molecule has 27 heavy (non-hydrogen) atoms. The normalized spacial score (nSPS) is 11.0. The lowest BCUT2D eigenvalue weighted by Crippen LogP contribution is -2.47. The van der Waals surface area contributed by atoms with Gasteiger partial charge in [0.05, 0.1) is 25.3 Å². The van der Waals surface area contributed by atoms with Crippen LogP contribution in [0, 0.1) is 11.3 Å². The van der Waals surface area contributed by atoms with Gasteiger partial charge in [0.1, 0.15) is 6.04 Å². The standard InChI is InChI=1S/C20H19N3O4/c1-27-20(26)17(11-15-9-5-6-10-16(15)12-21)23-18(24)13-22-19(25)14-7-3-2-4-8-14/h2-10,17H,11,13H2,1H3,(H,22,25)(H,23,24)/t17-/m1/s1. The molecule has 0 bridgehead atoms. The van der Waals surface area contributed by atoms with Crippen LogP contribution in [0.5, 0.6) is 0 Å². The number of carbonyl (C=O) groups is 3. The lowest BCUT2D eigenvalue weighted by atomic mass is 10.0. The number of benzene rings is 2. The summed E-state index contributed by atoms with van der Waals surface area (Å²) in [5, 5.41) is 14.2. The summed E-state index contributed by atoms with van der Waals surface area (Å²) >= 11 is 0. The summed E-state index contributed by atoms with van der Waals surface area (Å²) in [6.45, 7) is -0.291. The van der Waals surface area contributed by atoms with Gasteiger partial charge in [0, 0.05) is 12.0 Å². The van der Waals surface area contributed by atoms with Crippen LogP contribution in [-0.2, 0) is 20.7 Å². The van der Waals surface area contributed by atoms with Crippen molar-refractivity contribution in [1.82, 2.24) is 10.6 Å². The van der Waals surface area contributed by atoms with Crippen molar-refractivity contribution in [2.45, 2.75) is 12.5 Å². The van der Waals surface area contributed by atoms with E-state index in [1.807, 2.05) is 6.07 Å². The number of nitrogens with zero attached hydrogens (tertiary/aromatic N) is 1. The fraction of sp³-hybridized carbons (Fsp3) is 0.200. The Balaban J connectivity index is 1.99. The Bertz CT molecular complexity index is 859. The van der Waals surface area contributed by atoms with Gasteiger partial charge in [0.2, 0.25) is 5.91 Å². The highest BCUT2D eigenvalue weighted by atomic mass is 16.5. The number of hydrogen-bond acceptors (Lipinski definition) is 5. The van der Waals surface area contributed by atoms with Crippen LogP contribution < -0.4 is 10.6 Å². The molecule has 0 spiro atoms. The van der Waals surface area contributed by atoms with Crippen molar-refractivity contribution < 1.29 is 19.1 Å². The molecule has 0 aliphatic heterocycles. The first-order valence-corrected chi connectivity index (χ1v) is 8.23. The van der Waals surface area contributed by atoms with Crippen LogP contribution in [-0.4, -0.2) is 37.5 Å². The molecule has 0 fully saturated rings. The van der Waals surface area contributed by atoms with Crippen molar-refractivity contribution in [3.8, 4) is 6.07 Å². The largest absolute Gasteiger partial charge is 0.467 e. The van der Waals surface area contributed by atoms with Gasteiger partial charge in [-0.2, -0.15) is 5.26 Å². The van der Waals surface area contributed by atoms with Crippen molar-refractivity contribution in [2.75, 3.05) is 13.7 Å². The highest BCUT2D eigenvalue weighted by Crippen LogP contribution is 2.11. The molecular formula is C20H19N3O4. The molecule has 0 saturated heterocycles. The zero-order valence-corrected chi connectivity index (χ0v) is 14.8. The van der Waals surface area contributed by atoms with E-state index in [-0.39, 0.29) is 13.0 Å². The third kappa shape index (κ3) is 5.68. The molecule has 0 heterocycles. The second kappa shape index (κ2) is 9.73. The van der Waals surface area contributed by atoms with Crippen molar-refractivity contribution >= 4 is 17.8 Å². The minimum absolute atomic E-state index is 0.106. The molecule has 0 unspecified atom stereocenters. The minimum atomic E-state index is -0.967. The fourth-order valence-corrected chi connectivity index (χ4v) is 2.46. The summed E-state index contributed by atoms with van der Waals surface area (Å²) in [7, 11) is 1.22. The van der Waals surface area contributed by atoms with Crippen LogP contribution in [0.3, 0.4) is 0 Å². The predicted molar refractivity (Wildman–Crippen MR) is 97.6 cm³/mol. The number of ether oxygens (including phenoxy) is 1. The zero-order chi connectivity index (χ0) is 19.6. The molecule has 0 radical (unpaired) electrons. The molecule has 2 aromatic carbocycles. The van der Waals surface area contributed by atoms with Crippen molar-refractivity contribution in [2.24, 2.45) is 0 Å². The van der Waals surface area contributed by atoms with Crippen LogP contribution in [0.1, 0.15) is 21.5 Å². The first kappa shape index (κ1) is 19.7. The highest BCUT2D eigenvalue weighted by Gasteiger charge is 2.23. The van der Waals surface area contributed by atoms with Gasteiger partial charge in [-0.15, -0.1) is 0 Å². The third-order valence-electron chi connectivity index (χ3n) is 3.83. The molecule has 2 rings (SSSR count). The number of hydrogen-bond donors (Lipinski definition) is 2. The Morgan fingerprint density at radius 1 is 1.07 bits per heavy atom. The molecule has 2 N–H and O–H groups in total. The SMILES string of the molecule is COC(=O)[C@@H](Cc1ccccc1C#N)NC(=O)CNC(=O)c1ccccc1. The Hall–Kier alpha value is -3.66. The van der Waals surface area contributed by atoms with E-state index in [9.17, 15) is 14.4 Å². The molecule has 0 aliphatic rings. The van der Waals surface area contributed by atoms with Gasteiger partial charge in [0.25, 0.3) is 5.91 Å². The summed E-state index contributed by atoms with van der Waals surface area (Å²) in [6.07, 6.45) is 0.106. The van der Waals surface area contributed by atoms with E-state index in [0.29, 0.717) is 16.7 Å². The lowest BCUT2D eigenvalue weighted by Gasteiger charge is -2.17. The van der Waals surface area contributed by atoms with Gasteiger partial charge in [-0.1, -0.05) is 36.4 Å².